The maximum atomic E-state index is 11.1. The Labute approximate surface area is 95.8 Å². The van der Waals surface area contributed by atoms with Crippen molar-refractivity contribution in [1.82, 2.24) is 5.32 Å². The zero-order chi connectivity index (χ0) is 11.4. The van der Waals surface area contributed by atoms with Crippen molar-refractivity contribution in [2.24, 2.45) is 0 Å². The van der Waals surface area contributed by atoms with E-state index in [4.69, 9.17) is 9.84 Å². The molecule has 15 heavy (non-hydrogen) atoms. The van der Waals surface area contributed by atoms with Crippen LogP contribution < -0.4 is 5.32 Å². The highest BCUT2D eigenvalue weighted by Crippen LogP contribution is 1.99. The standard InChI is InChI=1S/C10H21NO3S/c1-2-6-14-9-10(13)11-4-8-15-7-3-5-12/h12H,2-9H2,1H3,(H,11,13). The van der Waals surface area contributed by atoms with Gasteiger partial charge in [0.2, 0.25) is 5.91 Å². The normalized spacial score (nSPS) is 10.3. The number of ether oxygens (including phenoxy) is 1. The molecular formula is C10H21NO3S. The number of aliphatic hydroxyl groups is 1. The van der Waals surface area contributed by atoms with Crippen molar-refractivity contribution in [3.8, 4) is 0 Å². The van der Waals surface area contributed by atoms with Crippen molar-refractivity contribution in [1.29, 1.82) is 0 Å². The van der Waals surface area contributed by atoms with E-state index >= 15 is 0 Å². The average Bonchev–Trinajstić information content (AvgIpc) is 2.23. The van der Waals surface area contributed by atoms with Gasteiger partial charge in [0.25, 0.3) is 0 Å². The Bertz CT molecular complexity index is 156. The summed E-state index contributed by atoms with van der Waals surface area (Å²) in [4.78, 5) is 11.1. The third-order valence-corrected chi connectivity index (χ3v) is 2.67. The van der Waals surface area contributed by atoms with Crippen LogP contribution in [0.1, 0.15) is 19.8 Å². The molecule has 0 aromatic carbocycles. The molecule has 5 heteroatoms. The van der Waals surface area contributed by atoms with E-state index in [1.54, 1.807) is 11.8 Å². The Kier molecular flexibility index (Phi) is 11.6. The Morgan fingerprint density at radius 3 is 2.93 bits per heavy atom. The van der Waals surface area contributed by atoms with Gasteiger partial charge in [0.05, 0.1) is 0 Å². The molecule has 2 N–H and O–H groups in total. The van der Waals surface area contributed by atoms with Gasteiger partial charge < -0.3 is 15.2 Å². The molecular weight excluding hydrogens is 214 g/mol. The fraction of sp³-hybridized carbons (Fsp3) is 0.900. The van der Waals surface area contributed by atoms with Crippen molar-refractivity contribution in [2.75, 3.05) is 37.9 Å². The average molecular weight is 235 g/mol. The van der Waals surface area contributed by atoms with E-state index in [0.717, 1.165) is 24.3 Å². The number of hydrogen-bond acceptors (Lipinski definition) is 4. The van der Waals surface area contributed by atoms with Crippen molar-refractivity contribution < 1.29 is 14.6 Å². The molecule has 0 aliphatic heterocycles. The molecule has 0 saturated heterocycles. The number of rotatable bonds is 10. The molecule has 0 aromatic heterocycles. The smallest absolute Gasteiger partial charge is 0.246 e. The first-order chi connectivity index (χ1) is 7.31. The van der Waals surface area contributed by atoms with Crippen LogP contribution in [0.3, 0.4) is 0 Å². The highest BCUT2D eigenvalue weighted by atomic mass is 32.2. The van der Waals surface area contributed by atoms with Gasteiger partial charge in [0, 0.05) is 25.5 Å². The van der Waals surface area contributed by atoms with E-state index < -0.39 is 0 Å². The molecule has 0 unspecified atom stereocenters. The summed E-state index contributed by atoms with van der Waals surface area (Å²) in [5, 5.41) is 11.3. The highest BCUT2D eigenvalue weighted by Gasteiger charge is 1.99. The van der Waals surface area contributed by atoms with Gasteiger partial charge in [-0.05, 0) is 18.6 Å². The van der Waals surface area contributed by atoms with E-state index in [0.29, 0.717) is 13.2 Å². The van der Waals surface area contributed by atoms with E-state index in [-0.39, 0.29) is 19.1 Å². The maximum Gasteiger partial charge on any atom is 0.246 e. The van der Waals surface area contributed by atoms with Gasteiger partial charge in [0.15, 0.2) is 0 Å². The van der Waals surface area contributed by atoms with E-state index in [9.17, 15) is 4.79 Å². The molecule has 0 rings (SSSR count). The Hall–Kier alpha value is -0.260. The highest BCUT2D eigenvalue weighted by molar-refractivity contribution is 7.99. The van der Waals surface area contributed by atoms with Crippen LogP contribution in [0.15, 0.2) is 0 Å². The molecule has 0 radical (unpaired) electrons. The van der Waals surface area contributed by atoms with E-state index in [1.807, 2.05) is 6.92 Å². The fourth-order valence-electron chi connectivity index (χ4n) is 0.892. The number of aliphatic hydroxyl groups excluding tert-OH is 1. The minimum Gasteiger partial charge on any atom is -0.396 e. The molecule has 0 aliphatic rings. The van der Waals surface area contributed by atoms with Crippen LogP contribution in [0.25, 0.3) is 0 Å². The first-order valence-electron chi connectivity index (χ1n) is 5.34. The molecule has 0 spiro atoms. The summed E-state index contributed by atoms with van der Waals surface area (Å²) in [5.74, 6) is 1.78. The molecule has 90 valence electrons. The molecule has 0 saturated carbocycles. The summed E-state index contributed by atoms with van der Waals surface area (Å²) < 4.78 is 5.09. The predicted molar refractivity (Wildman–Crippen MR) is 63.1 cm³/mol. The summed E-state index contributed by atoms with van der Waals surface area (Å²) in [7, 11) is 0. The molecule has 0 aromatic rings. The molecule has 0 bridgehead atoms. The third kappa shape index (κ3) is 11.7. The number of amides is 1. The largest absolute Gasteiger partial charge is 0.396 e. The lowest BCUT2D eigenvalue weighted by molar-refractivity contribution is -0.125. The lowest BCUT2D eigenvalue weighted by atomic mass is 10.5. The molecule has 4 nitrogen and oxygen atoms in total. The molecule has 0 atom stereocenters. The Balaban J connectivity index is 3.10. The maximum absolute atomic E-state index is 11.1. The van der Waals surface area contributed by atoms with E-state index in [2.05, 4.69) is 5.32 Å². The van der Waals surface area contributed by atoms with Crippen molar-refractivity contribution >= 4 is 17.7 Å². The molecule has 0 fully saturated rings. The van der Waals surface area contributed by atoms with E-state index in [1.165, 1.54) is 0 Å². The number of nitrogens with one attached hydrogen (secondary N) is 1. The summed E-state index contributed by atoms with van der Waals surface area (Å²) in [6, 6.07) is 0. The van der Waals surface area contributed by atoms with Crippen molar-refractivity contribution in [3.63, 3.8) is 0 Å². The van der Waals surface area contributed by atoms with Gasteiger partial charge in [-0.25, -0.2) is 0 Å². The summed E-state index contributed by atoms with van der Waals surface area (Å²) >= 11 is 1.73. The number of thioether (sulfide) groups is 1. The first-order valence-corrected chi connectivity index (χ1v) is 6.49. The quantitative estimate of drug-likeness (QED) is 0.546. The predicted octanol–water partition coefficient (Wildman–Crippen LogP) is 0.645. The monoisotopic (exact) mass is 235 g/mol. The Morgan fingerprint density at radius 2 is 2.27 bits per heavy atom. The Morgan fingerprint density at radius 1 is 1.47 bits per heavy atom. The second kappa shape index (κ2) is 11.8. The first kappa shape index (κ1) is 14.7. The topological polar surface area (TPSA) is 58.6 Å². The van der Waals surface area contributed by atoms with Gasteiger partial charge in [-0.15, -0.1) is 0 Å². The fourth-order valence-corrected chi connectivity index (χ4v) is 1.68. The van der Waals surface area contributed by atoms with Gasteiger partial charge in [-0.3, -0.25) is 4.79 Å². The van der Waals surface area contributed by atoms with Crippen LogP contribution in [0.4, 0.5) is 0 Å². The van der Waals surface area contributed by atoms with Crippen LogP contribution in [-0.4, -0.2) is 48.9 Å². The lowest BCUT2D eigenvalue weighted by Gasteiger charge is -2.05. The van der Waals surface area contributed by atoms with Crippen LogP contribution >= 0.6 is 11.8 Å². The SMILES string of the molecule is CCCOCC(=O)NCCSCCCO. The van der Waals surface area contributed by atoms with Crippen molar-refractivity contribution in [2.45, 2.75) is 19.8 Å². The minimum absolute atomic E-state index is 0.0498. The molecule has 0 heterocycles. The van der Waals surface area contributed by atoms with Gasteiger partial charge in [0.1, 0.15) is 6.61 Å². The second-order valence-corrected chi connectivity index (χ2v) is 4.32. The van der Waals surface area contributed by atoms with Gasteiger partial charge >= 0.3 is 0 Å². The van der Waals surface area contributed by atoms with Crippen molar-refractivity contribution in [3.05, 3.63) is 0 Å². The number of carbonyl (C=O) groups excluding carboxylic acids is 1. The summed E-state index contributed by atoms with van der Waals surface area (Å²) in [5.41, 5.74) is 0. The molecule has 0 aliphatic carbocycles. The zero-order valence-electron chi connectivity index (χ0n) is 9.33. The second-order valence-electron chi connectivity index (χ2n) is 3.09. The zero-order valence-corrected chi connectivity index (χ0v) is 10.1. The third-order valence-electron chi connectivity index (χ3n) is 1.60. The summed E-state index contributed by atoms with van der Waals surface area (Å²) in [6.07, 6.45) is 1.75. The van der Waals surface area contributed by atoms with Crippen LogP contribution in [0.5, 0.6) is 0 Å². The van der Waals surface area contributed by atoms with Crippen LogP contribution in [0.2, 0.25) is 0 Å². The lowest BCUT2D eigenvalue weighted by Crippen LogP contribution is -2.29. The number of carbonyl (C=O) groups is 1. The minimum atomic E-state index is -0.0498. The summed E-state index contributed by atoms with van der Waals surface area (Å²) in [6.45, 7) is 3.72. The van der Waals surface area contributed by atoms with Gasteiger partial charge in [-0.1, -0.05) is 6.92 Å². The number of hydrogen-bond donors (Lipinski definition) is 2. The molecule has 1 amide bonds. The van der Waals surface area contributed by atoms with Crippen LogP contribution in [-0.2, 0) is 9.53 Å². The van der Waals surface area contributed by atoms with Crippen LogP contribution in [0, 0.1) is 0 Å². The van der Waals surface area contributed by atoms with Gasteiger partial charge in [-0.2, -0.15) is 11.8 Å².